The number of nitrogens with zero attached hydrogens (tertiary/aromatic N) is 4. The highest BCUT2D eigenvalue weighted by Gasteiger charge is 2.33. The van der Waals surface area contributed by atoms with Gasteiger partial charge in [-0.05, 0) is 36.4 Å². The van der Waals surface area contributed by atoms with Crippen molar-refractivity contribution in [2.75, 3.05) is 18.0 Å². The van der Waals surface area contributed by atoms with Crippen molar-refractivity contribution in [1.82, 2.24) is 14.5 Å². The lowest BCUT2D eigenvalue weighted by Gasteiger charge is -2.40. The van der Waals surface area contributed by atoms with Crippen LogP contribution >= 0.6 is 0 Å². The second-order valence-electron chi connectivity index (χ2n) is 8.05. The minimum Gasteiger partial charge on any atom is -0.334 e. The third-order valence-corrected chi connectivity index (χ3v) is 4.95. The number of hydrogen-bond donors (Lipinski definition) is 0. The van der Waals surface area contributed by atoms with Crippen LogP contribution in [0.5, 0.6) is 0 Å². The minimum absolute atomic E-state index is 0.0568. The number of ketones is 1. The molecule has 1 aliphatic rings. The first-order chi connectivity index (χ1) is 13.8. The van der Waals surface area contributed by atoms with Gasteiger partial charge in [0.05, 0.1) is 12.2 Å². The molecule has 148 valence electrons. The molecule has 2 aromatic heterocycles. The molecule has 0 atom stereocenters. The number of anilines is 1. The Bertz CT molecular complexity index is 1110. The maximum atomic E-state index is 13.2. The molecule has 3 heterocycles. The summed E-state index contributed by atoms with van der Waals surface area (Å²) in [6.45, 7) is 5.25. The van der Waals surface area contributed by atoms with E-state index in [9.17, 15) is 14.0 Å². The average molecular weight is 392 g/mol. The van der Waals surface area contributed by atoms with Crippen molar-refractivity contribution < 1.29 is 9.18 Å². The van der Waals surface area contributed by atoms with Crippen LogP contribution in [0.3, 0.4) is 0 Å². The molecule has 0 amide bonds. The molecule has 29 heavy (non-hydrogen) atoms. The molecule has 0 saturated heterocycles. The van der Waals surface area contributed by atoms with Gasteiger partial charge >= 0.3 is 0 Å². The van der Waals surface area contributed by atoms with Gasteiger partial charge in [-0.3, -0.25) is 19.1 Å². The van der Waals surface area contributed by atoms with Crippen molar-refractivity contribution in [2.45, 2.75) is 20.4 Å². The maximum Gasteiger partial charge on any atom is 0.255 e. The van der Waals surface area contributed by atoms with E-state index in [1.807, 2.05) is 4.90 Å². The van der Waals surface area contributed by atoms with Crippen LogP contribution in [0.15, 0.2) is 59.7 Å². The van der Waals surface area contributed by atoms with E-state index in [0.717, 1.165) is 5.56 Å². The number of benzene rings is 1. The number of aromatic nitrogens is 3. The molecule has 0 spiro atoms. The van der Waals surface area contributed by atoms with Crippen molar-refractivity contribution in [2.24, 2.45) is 5.41 Å². The van der Waals surface area contributed by atoms with Gasteiger partial charge in [-0.1, -0.05) is 13.8 Å². The Kier molecular flexibility index (Phi) is 4.74. The summed E-state index contributed by atoms with van der Waals surface area (Å²) in [5.74, 6) is -0.0712. The molecule has 3 aromatic rings. The molecule has 7 heteroatoms. The van der Waals surface area contributed by atoms with Crippen molar-refractivity contribution in [3.63, 3.8) is 0 Å². The molecule has 6 nitrogen and oxygen atoms in total. The summed E-state index contributed by atoms with van der Waals surface area (Å²) in [4.78, 5) is 36.2. The Morgan fingerprint density at radius 3 is 2.48 bits per heavy atom. The van der Waals surface area contributed by atoms with E-state index >= 15 is 0 Å². The van der Waals surface area contributed by atoms with Gasteiger partial charge in [-0.2, -0.15) is 0 Å². The first kappa shape index (κ1) is 19.0. The second-order valence-corrected chi connectivity index (χ2v) is 8.05. The fourth-order valence-corrected chi connectivity index (χ4v) is 3.65. The van der Waals surface area contributed by atoms with E-state index in [1.165, 1.54) is 30.3 Å². The zero-order valence-corrected chi connectivity index (χ0v) is 16.3. The van der Waals surface area contributed by atoms with E-state index in [-0.39, 0.29) is 29.1 Å². The minimum atomic E-state index is -0.388. The Morgan fingerprint density at radius 2 is 1.79 bits per heavy atom. The van der Waals surface area contributed by atoms with Crippen LogP contribution in [0.1, 0.15) is 24.2 Å². The number of carbonyl (C=O) groups is 1. The largest absolute Gasteiger partial charge is 0.334 e. The third kappa shape index (κ3) is 3.94. The van der Waals surface area contributed by atoms with Crippen LogP contribution in [-0.2, 0) is 6.54 Å². The number of pyridine rings is 1. The van der Waals surface area contributed by atoms with Gasteiger partial charge in [-0.25, -0.2) is 9.37 Å². The summed E-state index contributed by atoms with van der Waals surface area (Å²) >= 11 is 0. The zero-order chi connectivity index (χ0) is 20.6. The lowest BCUT2D eigenvalue weighted by Crippen LogP contribution is -2.49. The predicted octanol–water partition coefficient (Wildman–Crippen LogP) is 3.17. The van der Waals surface area contributed by atoms with Crippen LogP contribution in [0, 0.1) is 11.2 Å². The van der Waals surface area contributed by atoms with Crippen molar-refractivity contribution in [3.8, 4) is 11.3 Å². The number of carbonyl (C=O) groups excluding carboxylic acids is 1. The van der Waals surface area contributed by atoms with E-state index in [4.69, 9.17) is 4.98 Å². The van der Waals surface area contributed by atoms with Crippen LogP contribution in [0.4, 0.5) is 10.3 Å². The van der Waals surface area contributed by atoms with Crippen LogP contribution in [-0.4, -0.2) is 33.4 Å². The summed E-state index contributed by atoms with van der Waals surface area (Å²) in [5.41, 5.74) is 1.39. The lowest BCUT2D eigenvalue weighted by molar-refractivity contribution is 0.0993. The van der Waals surface area contributed by atoms with Gasteiger partial charge in [0, 0.05) is 48.1 Å². The first-order valence-corrected chi connectivity index (χ1v) is 9.38. The Morgan fingerprint density at radius 1 is 1.10 bits per heavy atom. The number of rotatable bonds is 4. The highest BCUT2D eigenvalue weighted by atomic mass is 19.1. The summed E-state index contributed by atoms with van der Waals surface area (Å²) in [5, 5.41) is 0. The molecule has 0 radical (unpaired) electrons. The Balaban J connectivity index is 1.74. The van der Waals surface area contributed by atoms with Gasteiger partial charge in [0.15, 0.2) is 5.78 Å². The van der Waals surface area contributed by atoms with Crippen molar-refractivity contribution in [1.29, 1.82) is 0 Å². The fourth-order valence-electron chi connectivity index (χ4n) is 3.65. The molecule has 1 aromatic carbocycles. The summed E-state index contributed by atoms with van der Waals surface area (Å²) in [6, 6.07) is 10.6. The maximum absolute atomic E-state index is 13.2. The molecular weight excluding hydrogens is 371 g/mol. The monoisotopic (exact) mass is 392 g/mol. The molecule has 4 rings (SSSR count). The van der Waals surface area contributed by atoms with Gasteiger partial charge in [0.1, 0.15) is 5.82 Å². The van der Waals surface area contributed by atoms with Crippen LogP contribution < -0.4 is 10.5 Å². The molecule has 1 aliphatic heterocycles. The summed E-state index contributed by atoms with van der Waals surface area (Å²) < 4.78 is 14.8. The SMILES string of the molecule is CC1(C)CN(CC(=O)c2ccc(F)cc2)c2nc(-c3ccncc3)cc(=O)n2C1. The first-order valence-electron chi connectivity index (χ1n) is 9.38. The number of hydrogen-bond acceptors (Lipinski definition) is 5. The van der Waals surface area contributed by atoms with Gasteiger partial charge < -0.3 is 4.90 Å². The predicted molar refractivity (Wildman–Crippen MR) is 108 cm³/mol. The fraction of sp³-hybridized carbons (Fsp3) is 0.273. The normalized spacial score (nSPS) is 15.1. The van der Waals surface area contributed by atoms with Crippen molar-refractivity contribution in [3.05, 3.63) is 76.6 Å². The summed E-state index contributed by atoms with van der Waals surface area (Å²) in [7, 11) is 0. The molecule has 0 saturated carbocycles. The molecule has 0 unspecified atom stereocenters. The van der Waals surface area contributed by atoms with Gasteiger partial charge in [0.25, 0.3) is 5.56 Å². The smallest absolute Gasteiger partial charge is 0.255 e. The molecular formula is C22H21FN4O2. The Labute approximate surface area is 167 Å². The standard InChI is InChI=1S/C22H21FN4O2/c1-22(2)13-26(12-19(28)16-3-5-17(23)6-4-16)21-25-18(11-20(29)27(21)14-22)15-7-9-24-10-8-15/h3-11H,12-14H2,1-2H3. The summed E-state index contributed by atoms with van der Waals surface area (Å²) in [6.07, 6.45) is 3.29. The number of Topliss-reactive ketones (excluding diaryl/α,β-unsaturated/α-hetero) is 1. The quantitative estimate of drug-likeness (QED) is 0.638. The highest BCUT2D eigenvalue weighted by Crippen LogP contribution is 2.30. The van der Waals surface area contributed by atoms with E-state index in [1.54, 1.807) is 29.1 Å². The van der Waals surface area contributed by atoms with Gasteiger partial charge in [0.2, 0.25) is 5.95 Å². The second kappa shape index (κ2) is 7.24. The van der Waals surface area contributed by atoms with E-state index < -0.39 is 0 Å². The number of halogens is 1. The van der Waals surface area contributed by atoms with Crippen molar-refractivity contribution >= 4 is 11.7 Å². The molecule has 0 bridgehead atoms. The van der Waals surface area contributed by atoms with E-state index in [0.29, 0.717) is 30.3 Å². The molecule has 0 N–H and O–H groups in total. The number of fused-ring (bicyclic) bond motifs is 1. The molecule has 0 fully saturated rings. The molecule has 0 aliphatic carbocycles. The van der Waals surface area contributed by atoms with Crippen LogP contribution in [0.2, 0.25) is 0 Å². The highest BCUT2D eigenvalue weighted by molar-refractivity contribution is 5.99. The van der Waals surface area contributed by atoms with Crippen LogP contribution in [0.25, 0.3) is 11.3 Å². The third-order valence-electron chi connectivity index (χ3n) is 4.95. The lowest BCUT2D eigenvalue weighted by atomic mass is 9.90. The van der Waals surface area contributed by atoms with Gasteiger partial charge in [-0.15, -0.1) is 0 Å². The Hall–Kier alpha value is -3.35. The zero-order valence-electron chi connectivity index (χ0n) is 16.3. The topological polar surface area (TPSA) is 68.1 Å². The van der Waals surface area contributed by atoms with E-state index in [2.05, 4.69) is 18.8 Å². The average Bonchev–Trinajstić information content (AvgIpc) is 2.69.